The zero-order valence-electron chi connectivity index (χ0n) is 11.6. The summed E-state index contributed by atoms with van der Waals surface area (Å²) in [7, 11) is 1.62. The molecule has 0 saturated heterocycles. The van der Waals surface area contributed by atoms with Crippen LogP contribution in [-0.4, -0.2) is 50.3 Å². The van der Waals surface area contributed by atoms with Crippen molar-refractivity contribution in [3.63, 3.8) is 0 Å². The van der Waals surface area contributed by atoms with E-state index in [9.17, 15) is 4.79 Å². The lowest BCUT2D eigenvalue weighted by Crippen LogP contribution is -2.11. The van der Waals surface area contributed by atoms with Gasteiger partial charge in [0.05, 0.1) is 12.4 Å². The Morgan fingerprint density at radius 2 is 2.14 bits per heavy atom. The summed E-state index contributed by atoms with van der Waals surface area (Å²) in [6, 6.07) is 3.83. The number of aliphatic carboxylic acids is 1. The molecule has 2 heterocycles. The summed E-state index contributed by atoms with van der Waals surface area (Å²) >= 11 is 1.16. The number of hydrogen-bond acceptors (Lipinski definition) is 6. The van der Waals surface area contributed by atoms with E-state index in [0.29, 0.717) is 24.7 Å². The van der Waals surface area contributed by atoms with Gasteiger partial charge in [-0.15, -0.1) is 10.2 Å². The van der Waals surface area contributed by atoms with Crippen LogP contribution in [0.1, 0.15) is 11.4 Å². The largest absolute Gasteiger partial charge is 0.481 e. The molecule has 1 N–H and O–H groups in total. The number of hydrogen-bond donors (Lipinski definition) is 1. The third kappa shape index (κ3) is 4.54. The van der Waals surface area contributed by atoms with E-state index < -0.39 is 5.97 Å². The van der Waals surface area contributed by atoms with Gasteiger partial charge in [0.1, 0.15) is 5.82 Å². The van der Waals surface area contributed by atoms with Crippen LogP contribution in [0.5, 0.6) is 0 Å². The third-order valence-corrected chi connectivity index (χ3v) is 3.70. The Balaban J connectivity index is 2.17. The van der Waals surface area contributed by atoms with Crippen LogP contribution in [0.2, 0.25) is 0 Å². The number of rotatable bonds is 8. The maximum Gasteiger partial charge on any atom is 0.313 e. The molecule has 0 amide bonds. The molecule has 2 rings (SSSR count). The van der Waals surface area contributed by atoms with Gasteiger partial charge in [0, 0.05) is 32.5 Å². The first-order valence-corrected chi connectivity index (χ1v) is 7.33. The summed E-state index contributed by atoms with van der Waals surface area (Å²) in [5.74, 6) is -0.136. The molecular weight excluding hydrogens is 292 g/mol. The van der Waals surface area contributed by atoms with E-state index in [4.69, 9.17) is 9.84 Å². The second kappa shape index (κ2) is 7.75. The number of pyridine rings is 1. The van der Waals surface area contributed by atoms with Crippen molar-refractivity contribution >= 4 is 17.7 Å². The SMILES string of the molecule is COCCn1c(Cc2ccncc2)nnc1SCC(=O)O. The Morgan fingerprint density at radius 1 is 1.38 bits per heavy atom. The maximum atomic E-state index is 10.7. The molecule has 0 fully saturated rings. The summed E-state index contributed by atoms with van der Waals surface area (Å²) in [5.41, 5.74) is 1.07. The van der Waals surface area contributed by atoms with Crippen molar-refractivity contribution in [1.82, 2.24) is 19.7 Å². The summed E-state index contributed by atoms with van der Waals surface area (Å²) in [6.45, 7) is 1.11. The minimum atomic E-state index is -0.878. The van der Waals surface area contributed by atoms with Gasteiger partial charge in [-0.05, 0) is 17.7 Å². The van der Waals surface area contributed by atoms with E-state index >= 15 is 0 Å². The first-order valence-electron chi connectivity index (χ1n) is 6.35. The minimum absolute atomic E-state index is 0.0413. The molecule has 0 aliphatic carbocycles. The lowest BCUT2D eigenvalue weighted by molar-refractivity contribution is -0.133. The van der Waals surface area contributed by atoms with Gasteiger partial charge in [-0.1, -0.05) is 11.8 Å². The van der Waals surface area contributed by atoms with Crippen LogP contribution in [0, 0.1) is 0 Å². The molecule has 0 saturated carbocycles. The number of carboxylic acids is 1. The molecule has 112 valence electrons. The van der Waals surface area contributed by atoms with Crippen LogP contribution >= 0.6 is 11.8 Å². The van der Waals surface area contributed by atoms with Crippen molar-refractivity contribution < 1.29 is 14.6 Å². The van der Waals surface area contributed by atoms with Gasteiger partial charge in [-0.25, -0.2) is 0 Å². The molecule has 7 nitrogen and oxygen atoms in total. The summed E-state index contributed by atoms with van der Waals surface area (Å²) in [5, 5.41) is 17.6. The minimum Gasteiger partial charge on any atom is -0.481 e. The molecule has 8 heteroatoms. The topological polar surface area (TPSA) is 90.1 Å². The van der Waals surface area contributed by atoms with E-state index in [1.54, 1.807) is 19.5 Å². The standard InChI is InChI=1S/C13H16N4O3S/c1-20-7-6-17-11(8-10-2-4-14-5-3-10)15-16-13(17)21-9-12(18)19/h2-5H,6-9H2,1H3,(H,18,19). The van der Waals surface area contributed by atoms with Gasteiger partial charge in [0.15, 0.2) is 5.16 Å². The summed E-state index contributed by atoms with van der Waals surface area (Å²) in [4.78, 5) is 14.7. The molecule has 0 aliphatic heterocycles. The lowest BCUT2D eigenvalue weighted by atomic mass is 10.2. The average molecular weight is 308 g/mol. The van der Waals surface area contributed by atoms with E-state index in [-0.39, 0.29) is 5.75 Å². The molecular formula is C13H16N4O3S. The summed E-state index contributed by atoms with van der Waals surface area (Å²) in [6.07, 6.45) is 4.07. The molecule has 0 unspecified atom stereocenters. The van der Waals surface area contributed by atoms with E-state index in [1.807, 2.05) is 16.7 Å². The molecule has 0 bridgehead atoms. The highest BCUT2D eigenvalue weighted by Crippen LogP contribution is 2.18. The number of nitrogens with zero attached hydrogens (tertiary/aromatic N) is 4. The van der Waals surface area contributed by atoms with Crippen LogP contribution in [-0.2, 0) is 22.5 Å². The van der Waals surface area contributed by atoms with E-state index in [1.165, 1.54) is 0 Å². The molecule has 0 aromatic carbocycles. The normalized spacial score (nSPS) is 10.7. The highest BCUT2D eigenvalue weighted by atomic mass is 32.2. The number of carboxylic acid groups (broad SMARTS) is 1. The molecule has 2 aromatic heterocycles. The van der Waals surface area contributed by atoms with Crippen molar-refractivity contribution in [3.05, 3.63) is 35.9 Å². The molecule has 0 atom stereocenters. The van der Waals surface area contributed by atoms with Gasteiger partial charge in [-0.2, -0.15) is 0 Å². The second-order valence-electron chi connectivity index (χ2n) is 4.26. The fourth-order valence-electron chi connectivity index (χ4n) is 1.77. The molecule has 0 radical (unpaired) electrons. The fraction of sp³-hybridized carbons (Fsp3) is 0.385. The Bertz CT molecular complexity index is 588. The van der Waals surface area contributed by atoms with Crippen LogP contribution < -0.4 is 0 Å². The predicted octanol–water partition coefficient (Wildman–Crippen LogP) is 1.09. The van der Waals surface area contributed by atoms with Crippen molar-refractivity contribution in [2.45, 2.75) is 18.1 Å². The zero-order chi connectivity index (χ0) is 15.1. The monoisotopic (exact) mass is 308 g/mol. The first kappa shape index (κ1) is 15.5. The van der Waals surface area contributed by atoms with Gasteiger partial charge < -0.3 is 14.4 Å². The third-order valence-electron chi connectivity index (χ3n) is 2.75. The van der Waals surface area contributed by atoms with Crippen molar-refractivity contribution in [1.29, 1.82) is 0 Å². The van der Waals surface area contributed by atoms with Crippen molar-refractivity contribution in [2.24, 2.45) is 0 Å². The molecule has 2 aromatic rings. The Morgan fingerprint density at radius 3 is 2.81 bits per heavy atom. The highest BCUT2D eigenvalue weighted by Gasteiger charge is 2.14. The van der Waals surface area contributed by atoms with Crippen LogP contribution in [0.15, 0.2) is 29.7 Å². The van der Waals surface area contributed by atoms with Gasteiger partial charge in [0.2, 0.25) is 0 Å². The van der Waals surface area contributed by atoms with Crippen LogP contribution in [0.3, 0.4) is 0 Å². The first-order chi connectivity index (χ1) is 10.2. The average Bonchev–Trinajstić information content (AvgIpc) is 2.86. The molecule has 0 spiro atoms. The Labute approximate surface area is 126 Å². The molecule has 0 aliphatic rings. The number of carbonyl (C=O) groups is 1. The van der Waals surface area contributed by atoms with Crippen LogP contribution in [0.25, 0.3) is 0 Å². The highest BCUT2D eigenvalue weighted by molar-refractivity contribution is 7.99. The van der Waals surface area contributed by atoms with Gasteiger partial charge in [-0.3, -0.25) is 9.78 Å². The number of ether oxygens (including phenoxy) is 1. The Kier molecular flexibility index (Phi) is 5.70. The van der Waals surface area contributed by atoms with Gasteiger partial charge >= 0.3 is 5.97 Å². The van der Waals surface area contributed by atoms with Crippen molar-refractivity contribution in [2.75, 3.05) is 19.5 Å². The molecule has 21 heavy (non-hydrogen) atoms. The van der Waals surface area contributed by atoms with Gasteiger partial charge in [0.25, 0.3) is 0 Å². The number of aromatic nitrogens is 4. The predicted molar refractivity (Wildman–Crippen MR) is 77.3 cm³/mol. The lowest BCUT2D eigenvalue weighted by Gasteiger charge is -2.09. The smallest absolute Gasteiger partial charge is 0.313 e. The zero-order valence-corrected chi connectivity index (χ0v) is 12.4. The fourth-order valence-corrected chi connectivity index (χ4v) is 2.48. The summed E-state index contributed by atoms with van der Waals surface area (Å²) < 4.78 is 6.99. The Hall–Kier alpha value is -1.93. The van der Waals surface area contributed by atoms with E-state index in [0.717, 1.165) is 23.1 Å². The number of methoxy groups -OCH3 is 1. The van der Waals surface area contributed by atoms with Crippen LogP contribution in [0.4, 0.5) is 0 Å². The second-order valence-corrected chi connectivity index (χ2v) is 5.20. The quantitative estimate of drug-likeness (QED) is 0.730. The maximum absolute atomic E-state index is 10.7. The number of thioether (sulfide) groups is 1. The van der Waals surface area contributed by atoms with Crippen molar-refractivity contribution in [3.8, 4) is 0 Å². The van der Waals surface area contributed by atoms with E-state index in [2.05, 4.69) is 15.2 Å².